The van der Waals surface area contributed by atoms with Crippen molar-refractivity contribution in [1.29, 1.82) is 0 Å². The molecule has 0 bridgehead atoms. The summed E-state index contributed by atoms with van der Waals surface area (Å²) in [5.41, 5.74) is 12.2. The number of nitrogens with zero attached hydrogens (tertiary/aromatic N) is 3. The molecule has 6 aromatic carbocycles. The maximum absolute atomic E-state index is 11.5. The number of fused-ring (bicyclic) bond motifs is 3. The lowest BCUT2D eigenvalue weighted by Gasteiger charge is -2.16. The van der Waals surface area contributed by atoms with E-state index in [4.69, 9.17) is 9.97 Å². The molecule has 4 heteroatoms. The molecule has 1 aliphatic carbocycles. The van der Waals surface area contributed by atoms with Gasteiger partial charge in [-0.3, -0.25) is 0 Å². The molecule has 0 spiro atoms. The highest BCUT2D eigenvalue weighted by Gasteiger charge is 2.22. The number of aromatic nitrogens is 3. The molecule has 51 heavy (non-hydrogen) atoms. The Labute approximate surface area is 297 Å². The van der Waals surface area contributed by atoms with Gasteiger partial charge in [-0.05, 0) is 84.1 Å². The first-order chi connectivity index (χ1) is 25.1. The fraction of sp³-hybridized carbons (Fsp3) is 0.0638. The van der Waals surface area contributed by atoms with Gasteiger partial charge in [0.2, 0.25) is 0 Å². The Balaban J connectivity index is 1.25. The van der Waals surface area contributed by atoms with E-state index in [-0.39, 0.29) is 11.7 Å². The zero-order valence-electron chi connectivity index (χ0n) is 28.2. The molecule has 1 atom stereocenters. The van der Waals surface area contributed by atoms with Gasteiger partial charge in [0, 0.05) is 39.1 Å². The number of aryl methyl sites for hydroxylation is 1. The molecule has 0 aliphatic heterocycles. The van der Waals surface area contributed by atoms with Crippen LogP contribution in [0.3, 0.4) is 0 Å². The van der Waals surface area contributed by atoms with Crippen LogP contribution in [0.1, 0.15) is 23.6 Å². The fourth-order valence-corrected chi connectivity index (χ4v) is 7.39. The Bertz CT molecular complexity index is 2620. The van der Waals surface area contributed by atoms with E-state index in [1.165, 1.54) is 0 Å². The van der Waals surface area contributed by atoms with Gasteiger partial charge in [-0.2, -0.15) is 0 Å². The van der Waals surface area contributed by atoms with Crippen molar-refractivity contribution in [3.8, 4) is 56.3 Å². The molecule has 244 valence electrons. The Hall–Kier alpha value is -6.52. The minimum absolute atomic E-state index is 0.197. The van der Waals surface area contributed by atoms with E-state index in [9.17, 15) is 5.11 Å². The lowest BCUT2D eigenvalue weighted by Crippen LogP contribution is -2.04. The van der Waals surface area contributed by atoms with E-state index in [0.717, 1.165) is 84.2 Å². The molecule has 0 saturated carbocycles. The van der Waals surface area contributed by atoms with Crippen molar-refractivity contribution in [3.63, 3.8) is 0 Å². The third kappa shape index (κ3) is 5.51. The summed E-state index contributed by atoms with van der Waals surface area (Å²) < 4.78 is 2.30. The van der Waals surface area contributed by atoms with E-state index in [0.29, 0.717) is 5.82 Å². The maximum Gasteiger partial charge on any atom is 0.160 e. The van der Waals surface area contributed by atoms with Gasteiger partial charge in [-0.25, -0.2) is 9.97 Å². The zero-order chi connectivity index (χ0) is 34.3. The molecule has 2 heterocycles. The van der Waals surface area contributed by atoms with Crippen LogP contribution in [0.15, 0.2) is 170 Å². The van der Waals surface area contributed by atoms with Crippen LogP contribution in [0, 0.1) is 6.92 Å². The quantitative estimate of drug-likeness (QED) is 0.194. The molecule has 0 saturated heterocycles. The first-order valence-corrected chi connectivity index (χ1v) is 17.4. The van der Waals surface area contributed by atoms with Crippen molar-refractivity contribution in [2.24, 2.45) is 0 Å². The zero-order valence-corrected chi connectivity index (χ0v) is 28.2. The number of benzene rings is 6. The maximum atomic E-state index is 11.5. The summed E-state index contributed by atoms with van der Waals surface area (Å²) in [4.78, 5) is 10.2. The first kappa shape index (κ1) is 30.5. The fourth-order valence-electron chi connectivity index (χ4n) is 7.39. The Morgan fingerprint density at radius 2 is 1.33 bits per heavy atom. The van der Waals surface area contributed by atoms with Gasteiger partial charge in [-0.1, -0.05) is 121 Å². The van der Waals surface area contributed by atoms with Crippen molar-refractivity contribution in [2.75, 3.05) is 0 Å². The van der Waals surface area contributed by atoms with Crippen molar-refractivity contribution >= 4 is 21.8 Å². The second kappa shape index (κ2) is 12.7. The molecular formula is C47H35N3O. The standard InChI is InChI=1S/C47H35N3O/c1-31-13-11-12-20-38(31)45-44(51)28-27-40-39-26-23-36(32-14-5-2-6-15-32)29-43(39)50(46(40)45)37-24-21-35(22-25-37)47-48-41(33-16-7-3-8-17-33)30-42(49-47)34-18-9-4-10-19-34/h2-18,20-30,34,51H,19H2,1H3. The van der Waals surface area contributed by atoms with Crippen molar-refractivity contribution in [1.82, 2.24) is 14.5 Å². The summed E-state index contributed by atoms with van der Waals surface area (Å²) in [5, 5.41) is 13.7. The van der Waals surface area contributed by atoms with E-state index in [2.05, 4.69) is 133 Å². The van der Waals surface area contributed by atoms with Crippen LogP contribution >= 0.6 is 0 Å². The third-order valence-electron chi connectivity index (χ3n) is 9.99. The predicted molar refractivity (Wildman–Crippen MR) is 210 cm³/mol. The first-order valence-electron chi connectivity index (χ1n) is 17.4. The topological polar surface area (TPSA) is 50.9 Å². The summed E-state index contributed by atoms with van der Waals surface area (Å²) in [6.45, 7) is 2.10. The summed E-state index contributed by atoms with van der Waals surface area (Å²) >= 11 is 0. The monoisotopic (exact) mass is 657 g/mol. The van der Waals surface area contributed by atoms with Gasteiger partial charge in [0.05, 0.1) is 22.4 Å². The number of allylic oxidation sites excluding steroid dienone is 4. The van der Waals surface area contributed by atoms with Crippen LogP contribution in [0.2, 0.25) is 0 Å². The third-order valence-corrected chi connectivity index (χ3v) is 9.99. The largest absolute Gasteiger partial charge is 0.507 e. The van der Waals surface area contributed by atoms with Gasteiger partial charge in [0.1, 0.15) is 5.75 Å². The average Bonchev–Trinajstić information content (AvgIpc) is 3.52. The van der Waals surface area contributed by atoms with Crippen LogP contribution in [-0.4, -0.2) is 19.6 Å². The molecule has 2 aromatic heterocycles. The normalized spacial score (nSPS) is 14.0. The molecule has 8 aromatic rings. The Kier molecular flexibility index (Phi) is 7.63. The lowest BCUT2D eigenvalue weighted by molar-refractivity contribution is 0.478. The highest BCUT2D eigenvalue weighted by molar-refractivity contribution is 6.15. The second-order valence-corrected chi connectivity index (χ2v) is 13.2. The van der Waals surface area contributed by atoms with Gasteiger partial charge < -0.3 is 9.67 Å². The Morgan fingerprint density at radius 1 is 0.627 bits per heavy atom. The molecule has 4 nitrogen and oxygen atoms in total. The summed E-state index contributed by atoms with van der Waals surface area (Å²) in [6.07, 6.45) is 9.52. The molecule has 0 radical (unpaired) electrons. The van der Waals surface area contributed by atoms with Crippen molar-refractivity contribution in [2.45, 2.75) is 19.3 Å². The number of phenolic OH excluding ortho intramolecular Hbond substituents is 1. The molecule has 1 unspecified atom stereocenters. The molecular weight excluding hydrogens is 623 g/mol. The van der Waals surface area contributed by atoms with E-state index in [1.807, 2.05) is 48.5 Å². The summed E-state index contributed by atoms with van der Waals surface area (Å²) in [7, 11) is 0. The van der Waals surface area contributed by atoms with Crippen LogP contribution in [0.4, 0.5) is 0 Å². The van der Waals surface area contributed by atoms with Crippen molar-refractivity contribution in [3.05, 3.63) is 181 Å². The molecule has 1 aliphatic rings. The number of phenols is 1. The van der Waals surface area contributed by atoms with Crippen LogP contribution < -0.4 is 0 Å². The molecule has 9 rings (SSSR count). The molecule has 0 amide bonds. The highest BCUT2D eigenvalue weighted by Crippen LogP contribution is 2.44. The van der Waals surface area contributed by atoms with E-state index < -0.39 is 0 Å². The smallest absolute Gasteiger partial charge is 0.160 e. The number of rotatable bonds is 6. The minimum Gasteiger partial charge on any atom is -0.507 e. The summed E-state index contributed by atoms with van der Waals surface area (Å²) in [6, 6.07) is 50.3. The number of hydrogen-bond acceptors (Lipinski definition) is 3. The van der Waals surface area contributed by atoms with Gasteiger partial charge in [0.25, 0.3) is 0 Å². The number of aromatic hydroxyl groups is 1. The SMILES string of the molecule is Cc1ccccc1-c1c(O)ccc2c3ccc(-c4ccccc4)cc3n(-c3ccc(-c4nc(-c5ccccc5)cc(C5C=CC=CC5)n4)cc3)c12. The van der Waals surface area contributed by atoms with Crippen LogP contribution in [0.5, 0.6) is 5.75 Å². The van der Waals surface area contributed by atoms with E-state index in [1.54, 1.807) is 0 Å². The van der Waals surface area contributed by atoms with E-state index >= 15 is 0 Å². The van der Waals surface area contributed by atoms with Crippen LogP contribution in [-0.2, 0) is 0 Å². The molecule has 0 fully saturated rings. The minimum atomic E-state index is 0.197. The second-order valence-electron chi connectivity index (χ2n) is 13.2. The lowest BCUT2D eigenvalue weighted by atomic mass is 9.95. The van der Waals surface area contributed by atoms with Gasteiger partial charge >= 0.3 is 0 Å². The predicted octanol–water partition coefficient (Wildman–Crippen LogP) is 11.9. The molecule has 1 N–H and O–H groups in total. The van der Waals surface area contributed by atoms with Crippen LogP contribution in [0.25, 0.3) is 72.4 Å². The summed E-state index contributed by atoms with van der Waals surface area (Å²) in [5.74, 6) is 1.15. The Morgan fingerprint density at radius 3 is 2.08 bits per heavy atom. The van der Waals surface area contributed by atoms with Gasteiger partial charge in [-0.15, -0.1) is 0 Å². The van der Waals surface area contributed by atoms with Crippen molar-refractivity contribution < 1.29 is 5.11 Å². The highest BCUT2D eigenvalue weighted by atomic mass is 16.3. The average molecular weight is 658 g/mol. The number of hydrogen-bond donors (Lipinski definition) is 1. The van der Waals surface area contributed by atoms with Gasteiger partial charge in [0.15, 0.2) is 5.82 Å².